The molecule has 2 N–H and O–H groups in total. The first-order valence-electron chi connectivity index (χ1n) is 10.2. The molecule has 1 amide bonds. The standard InChI is InChI=1S/C21H25FN4O5S/c1-13(2)19(25-32(30,31)17-5-3-15(22)4-6-17)18(27)10-14-9-16-11-26(12-24-16)8-7-23-21(29)20(14)28/h3-6,11-14,19,25H,7-10H2,1-2H3,(H,23,29). The summed E-state index contributed by atoms with van der Waals surface area (Å²) in [5.41, 5.74) is 0.568. The predicted octanol–water partition coefficient (Wildman–Crippen LogP) is 0.842. The number of fused-ring (bicyclic) bond motifs is 2. The number of rotatable bonds is 7. The summed E-state index contributed by atoms with van der Waals surface area (Å²) in [5.74, 6) is -4.03. The van der Waals surface area contributed by atoms with E-state index in [1.54, 1.807) is 30.9 Å². The number of nitrogens with zero attached hydrogens (tertiary/aromatic N) is 2. The van der Waals surface area contributed by atoms with Gasteiger partial charge in [-0.3, -0.25) is 14.4 Å². The lowest BCUT2D eigenvalue weighted by atomic mass is 9.88. The molecular weight excluding hydrogens is 439 g/mol. The lowest BCUT2D eigenvalue weighted by Gasteiger charge is -2.23. The van der Waals surface area contributed by atoms with Crippen molar-refractivity contribution >= 4 is 27.5 Å². The van der Waals surface area contributed by atoms with Gasteiger partial charge in [0.15, 0.2) is 5.78 Å². The van der Waals surface area contributed by atoms with Gasteiger partial charge in [-0.1, -0.05) is 13.8 Å². The third-order valence-electron chi connectivity index (χ3n) is 5.26. The molecule has 0 aliphatic carbocycles. The van der Waals surface area contributed by atoms with Crippen molar-refractivity contribution in [3.63, 3.8) is 0 Å². The number of benzene rings is 1. The molecule has 2 aromatic rings. The van der Waals surface area contributed by atoms with Gasteiger partial charge in [0.1, 0.15) is 5.82 Å². The predicted molar refractivity (Wildman–Crippen MR) is 112 cm³/mol. The summed E-state index contributed by atoms with van der Waals surface area (Å²) >= 11 is 0. The molecule has 1 aromatic heterocycles. The first-order chi connectivity index (χ1) is 15.1. The molecule has 1 aliphatic rings. The number of imidazole rings is 1. The molecule has 11 heteroatoms. The van der Waals surface area contributed by atoms with Crippen LogP contribution >= 0.6 is 0 Å². The molecule has 172 valence electrons. The van der Waals surface area contributed by atoms with Crippen LogP contribution in [0.2, 0.25) is 0 Å². The second-order valence-corrected chi connectivity index (χ2v) is 9.81. The lowest BCUT2D eigenvalue weighted by Crippen LogP contribution is -2.46. The van der Waals surface area contributed by atoms with Crippen LogP contribution in [0.3, 0.4) is 0 Å². The summed E-state index contributed by atoms with van der Waals surface area (Å²) in [6.45, 7) is 4.04. The zero-order chi connectivity index (χ0) is 23.5. The number of aromatic nitrogens is 2. The molecule has 32 heavy (non-hydrogen) atoms. The van der Waals surface area contributed by atoms with Crippen molar-refractivity contribution in [3.05, 3.63) is 48.3 Å². The van der Waals surface area contributed by atoms with E-state index >= 15 is 0 Å². The highest BCUT2D eigenvalue weighted by atomic mass is 32.2. The summed E-state index contributed by atoms with van der Waals surface area (Å²) in [6, 6.07) is 3.10. The molecule has 0 saturated heterocycles. The van der Waals surface area contributed by atoms with Crippen LogP contribution in [-0.4, -0.2) is 48.0 Å². The largest absolute Gasteiger partial charge is 0.348 e. The van der Waals surface area contributed by atoms with Gasteiger partial charge in [0.2, 0.25) is 15.8 Å². The minimum atomic E-state index is -4.11. The van der Waals surface area contributed by atoms with Gasteiger partial charge in [0.25, 0.3) is 5.91 Å². The van der Waals surface area contributed by atoms with Gasteiger partial charge in [-0.05, 0) is 30.2 Å². The SMILES string of the molecule is CC(C)C(NS(=O)(=O)c1ccc(F)cc1)C(=O)CC1Cc2cn(cn2)CCNC(=O)C1=O. The zero-order valence-electron chi connectivity index (χ0n) is 17.7. The van der Waals surface area contributed by atoms with Crippen molar-refractivity contribution in [1.82, 2.24) is 19.6 Å². The van der Waals surface area contributed by atoms with E-state index in [0.29, 0.717) is 12.2 Å². The molecule has 2 bridgehead atoms. The number of hydrogen-bond acceptors (Lipinski definition) is 6. The molecular formula is C21H25FN4O5S. The Morgan fingerprint density at radius 1 is 1.28 bits per heavy atom. The topological polar surface area (TPSA) is 127 Å². The van der Waals surface area contributed by atoms with Crippen molar-refractivity contribution in [2.24, 2.45) is 11.8 Å². The number of hydrogen-bond donors (Lipinski definition) is 2. The average molecular weight is 465 g/mol. The first kappa shape index (κ1) is 23.7. The van der Waals surface area contributed by atoms with Crippen LogP contribution in [0.4, 0.5) is 4.39 Å². The van der Waals surface area contributed by atoms with Gasteiger partial charge >= 0.3 is 0 Å². The molecule has 3 rings (SSSR count). The van der Waals surface area contributed by atoms with Crippen LogP contribution in [0, 0.1) is 17.7 Å². The minimum Gasteiger partial charge on any atom is -0.348 e. The van der Waals surface area contributed by atoms with E-state index in [1.807, 2.05) is 0 Å². The molecule has 2 heterocycles. The number of Topliss-reactive ketones (excluding diaryl/α,β-unsaturated/α-hetero) is 2. The van der Waals surface area contributed by atoms with Gasteiger partial charge in [-0.2, -0.15) is 0 Å². The van der Waals surface area contributed by atoms with E-state index in [1.165, 1.54) is 0 Å². The van der Waals surface area contributed by atoms with Gasteiger partial charge in [0, 0.05) is 38.0 Å². The van der Waals surface area contributed by atoms with Crippen molar-refractivity contribution in [2.75, 3.05) is 6.54 Å². The maximum absolute atomic E-state index is 13.2. The normalized spacial score (nSPS) is 18.3. The highest BCUT2D eigenvalue weighted by Gasteiger charge is 2.34. The maximum atomic E-state index is 13.2. The third-order valence-corrected chi connectivity index (χ3v) is 6.72. The molecule has 9 nitrogen and oxygen atoms in total. The van der Waals surface area contributed by atoms with Gasteiger partial charge in [-0.15, -0.1) is 0 Å². The van der Waals surface area contributed by atoms with E-state index < -0.39 is 51.2 Å². The Morgan fingerprint density at radius 3 is 2.62 bits per heavy atom. The summed E-state index contributed by atoms with van der Waals surface area (Å²) in [6.07, 6.45) is 3.09. The first-order valence-corrected chi connectivity index (χ1v) is 11.7. The molecule has 0 spiro atoms. The van der Waals surface area contributed by atoms with E-state index in [-0.39, 0.29) is 24.3 Å². The van der Waals surface area contributed by atoms with E-state index in [0.717, 1.165) is 24.3 Å². The molecule has 0 fully saturated rings. The van der Waals surface area contributed by atoms with Crippen LogP contribution in [0.15, 0.2) is 41.7 Å². The molecule has 0 saturated carbocycles. The second-order valence-electron chi connectivity index (χ2n) is 8.09. The van der Waals surface area contributed by atoms with Crippen LogP contribution < -0.4 is 10.0 Å². The molecule has 2 unspecified atom stereocenters. The van der Waals surface area contributed by atoms with Crippen LogP contribution in [0.1, 0.15) is 26.0 Å². The Kier molecular flexibility index (Phi) is 7.19. The minimum absolute atomic E-state index is 0.0838. The fraction of sp³-hybridized carbons (Fsp3) is 0.429. The van der Waals surface area contributed by atoms with Crippen LogP contribution in [0.25, 0.3) is 0 Å². The smallest absolute Gasteiger partial charge is 0.287 e. The number of sulfonamides is 1. The van der Waals surface area contributed by atoms with E-state index in [9.17, 15) is 27.2 Å². The third kappa shape index (κ3) is 5.65. The van der Waals surface area contributed by atoms with Gasteiger partial charge in [0.05, 0.1) is 23.0 Å². The number of ketones is 2. The van der Waals surface area contributed by atoms with Crippen molar-refractivity contribution in [3.8, 4) is 0 Å². The summed E-state index contributed by atoms with van der Waals surface area (Å²) < 4.78 is 42.7. The molecule has 1 aliphatic heterocycles. The van der Waals surface area contributed by atoms with Crippen molar-refractivity contribution in [1.29, 1.82) is 0 Å². The van der Waals surface area contributed by atoms with Gasteiger partial charge in [-0.25, -0.2) is 22.5 Å². The quantitative estimate of drug-likeness (QED) is 0.585. The highest BCUT2D eigenvalue weighted by Crippen LogP contribution is 2.19. The molecule has 1 aromatic carbocycles. The molecule has 2 atom stereocenters. The van der Waals surface area contributed by atoms with Crippen molar-refractivity contribution in [2.45, 2.75) is 44.2 Å². The fourth-order valence-corrected chi connectivity index (χ4v) is 4.88. The highest BCUT2D eigenvalue weighted by molar-refractivity contribution is 7.89. The Balaban J connectivity index is 1.81. The number of carbonyl (C=O) groups is 3. The Bertz CT molecular complexity index is 1110. The Hall–Kier alpha value is -2.92. The number of carbonyl (C=O) groups excluding carboxylic acids is 3. The van der Waals surface area contributed by atoms with E-state index in [2.05, 4.69) is 15.0 Å². The zero-order valence-corrected chi connectivity index (χ0v) is 18.6. The number of amides is 1. The van der Waals surface area contributed by atoms with Crippen LogP contribution in [0.5, 0.6) is 0 Å². The number of nitrogens with one attached hydrogen (secondary N) is 2. The monoisotopic (exact) mass is 464 g/mol. The Morgan fingerprint density at radius 2 is 1.97 bits per heavy atom. The summed E-state index contributed by atoms with van der Waals surface area (Å²) in [7, 11) is -4.11. The lowest BCUT2D eigenvalue weighted by molar-refractivity contribution is -0.141. The summed E-state index contributed by atoms with van der Waals surface area (Å²) in [5, 5.41) is 2.53. The van der Waals surface area contributed by atoms with Gasteiger partial charge < -0.3 is 9.88 Å². The molecule has 0 radical (unpaired) electrons. The van der Waals surface area contributed by atoms with Crippen molar-refractivity contribution < 1.29 is 27.2 Å². The maximum Gasteiger partial charge on any atom is 0.287 e. The Labute approximate surface area is 185 Å². The fourth-order valence-electron chi connectivity index (χ4n) is 3.51. The van der Waals surface area contributed by atoms with Crippen LogP contribution in [-0.2, 0) is 37.4 Å². The average Bonchev–Trinajstić information content (AvgIpc) is 3.17. The summed E-state index contributed by atoms with van der Waals surface area (Å²) in [4.78, 5) is 42.0. The second kappa shape index (κ2) is 9.70. The van der Waals surface area contributed by atoms with E-state index in [4.69, 9.17) is 0 Å². The number of halogens is 1.